The molecule has 0 aliphatic heterocycles. The molecule has 148 valence electrons. The molecule has 0 saturated heterocycles. The van der Waals surface area contributed by atoms with Crippen LogP contribution in [0.5, 0.6) is 0 Å². The van der Waals surface area contributed by atoms with E-state index in [1.54, 1.807) is 24.3 Å². The lowest BCUT2D eigenvalue weighted by Crippen LogP contribution is -2.23. The Hall–Kier alpha value is -3.11. The molecule has 0 aliphatic rings. The van der Waals surface area contributed by atoms with E-state index >= 15 is 0 Å². The van der Waals surface area contributed by atoms with Crippen molar-refractivity contribution in [2.75, 3.05) is 5.73 Å². The van der Waals surface area contributed by atoms with Crippen LogP contribution in [0.25, 0.3) is 0 Å². The maximum absolute atomic E-state index is 12.6. The van der Waals surface area contributed by atoms with Gasteiger partial charge in [0, 0.05) is 33.9 Å². The second-order valence-electron chi connectivity index (χ2n) is 6.90. The zero-order valence-electron chi connectivity index (χ0n) is 16.3. The zero-order valence-corrected chi connectivity index (χ0v) is 17.1. The quantitative estimate of drug-likeness (QED) is 0.372. The van der Waals surface area contributed by atoms with E-state index in [9.17, 15) is 4.79 Å². The highest BCUT2D eigenvalue weighted by atomic mass is 35.5. The number of hydrogen-bond acceptors (Lipinski definition) is 3. The van der Waals surface area contributed by atoms with Crippen molar-refractivity contribution < 1.29 is 4.79 Å². The predicted octanol–water partition coefficient (Wildman–Crippen LogP) is 5.22. The fourth-order valence-corrected chi connectivity index (χ4v) is 3.32. The van der Waals surface area contributed by atoms with Gasteiger partial charge in [0.25, 0.3) is 5.91 Å². The Morgan fingerprint density at radius 3 is 2.41 bits per heavy atom. The summed E-state index contributed by atoms with van der Waals surface area (Å²) >= 11 is 6.14. The standard InChI is InChI=1S/C24H24ClN3O/c1-2-5-16-8-10-17(11-9-16)23(27)20-14-18(12-13-22(20)26)24(29)28-15-19-6-3-4-7-21(19)25/h3-4,6-14,27H,2,5,15,26H2,1H3,(H,28,29). The summed E-state index contributed by atoms with van der Waals surface area (Å²) in [5.74, 6) is -0.239. The smallest absolute Gasteiger partial charge is 0.251 e. The number of rotatable bonds is 7. The van der Waals surface area contributed by atoms with Crippen LogP contribution in [0, 0.1) is 5.41 Å². The van der Waals surface area contributed by atoms with E-state index in [0.717, 1.165) is 24.0 Å². The van der Waals surface area contributed by atoms with Crippen LogP contribution in [0.2, 0.25) is 5.02 Å². The third kappa shape index (κ3) is 5.04. The third-order valence-corrected chi connectivity index (χ3v) is 5.13. The fraction of sp³-hybridized carbons (Fsp3) is 0.167. The van der Waals surface area contributed by atoms with Gasteiger partial charge in [0.1, 0.15) is 0 Å². The van der Waals surface area contributed by atoms with Crippen LogP contribution in [-0.2, 0) is 13.0 Å². The molecule has 1 amide bonds. The van der Waals surface area contributed by atoms with Crippen LogP contribution >= 0.6 is 11.6 Å². The molecule has 0 heterocycles. The molecule has 0 spiro atoms. The van der Waals surface area contributed by atoms with Gasteiger partial charge in [-0.2, -0.15) is 0 Å². The van der Waals surface area contributed by atoms with E-state index in [0.29, 0.717) is 34.1 Å². The van der Waals surface area contributed by atoms with E-state index in [1.807, 2.05) is 42.5 Å². The molecular weight excluding hydrogens is 382 g/mol. The summed E-state index contributed by atoms with van der Waals surface area (Å²) in [6.45, 7) is 2.47. The molecule has 0 aromatic heterocycles. The summed E-state index contributed by atoms with van der Waals surface area (Å²) in [7, 11) is 0. The molecule has 3 aromatic carbocycles. The summed E-state index contributed by atoms with van der Waals surface area (Å²) in [6.07, 6.45) is 2.09. The molecule has 0 bridgehead atoms. The normalized spacial score (nSPS) is 10.6. The molecule has 3 rings (SSSR count). The van der Waals surface area contributed by atoms with Crippen molar-refractivity contribution in [3.05, 3.63) is 99.6 Å². The Labute approximate surface area is 176 Å². The van der Waals surface area contributed by atoms with E-state index in [2.05, 4.69) is 12.2 Å². The van der Waals surface area contributed by atoms with Gasteiger partial charge in [0.15, 0.2) is 0 Å². The van der Waals surface area contributed by atoms with Crippen LogP contribution in [0.15, 0.2) is 66.7 Å². The van der Waals surface area contributed by atoms with Crippen molar-refractivity contribution >= 4 is 28.9 Å². The monoisotopic (exact) mass is 405 g/mol. The Balaban J connectivity index is 1.77. The largest absolute Gasteiger partial charge is 0.398 e. The van der Waals surface area contributed by atoms with Gasteiger partial charge in [-0.15, -0.1) is 0 Å². The van der Waals surface area contributed by atoms with Gasteiger partial charge in [0.2, 0.25) is 0 Å². The third-order valence-electron chi connectivity index (χ3n) is 4.76. The maximum atomic E-state index is 12.6. The van der Waals surface area contributed by atoms with Gasteiger partial charge in [-0.05, 0) is 41.8 Å². The van der Waals surface area contributed by atoms with Crippen LogP contribution in [0.1, 0.15) is 46.0 Å². The minimum absolute atomic E-state index is 0.239. The molecule has 0 aliphatic carbocycles. The summed E-state index contributed by atoms with van der Waals surface area (Å²) in [5, 5.41) is 12.0. The number of anilines is 1. The molecule has 3 aromatic rings. The molecule has 0 atom stereocenters. The number of nitrogens with two attached hydrogens (primary N) is 1. The molecular formula is C24H24ClN3O. The molecule has 0 radical (unpaired) electrons. The number of benzene rings is 3. The summed E-state index contributed by atoms with van der Waals surface area (Å²) < 4.78 is 0. The first-order valence-electron chi connectivity index (χ1n) is 9.59. The van der Waals surface area contributed by atoms with E-state index in [4.69, 9.17) is 22.7 Å². The van der Waals surface area contributed by atoms with E-state index in [-0.39, 0.29) is 5.91 Å². The van der Waals surface area contributed by atoms with E-state index in [1.165, 1.54) is 5.56 Å². The predicted molar refractivity (Wildman–Crippen MR) is 120 cm³/mol. The molecule has 0 saturated carbocycles. The maximum Gasteiger partial charge on any atom is 0.251 e. The van der Waals surface area contributed by atoms with Gasteiger partial charge in [-0.25, -0.2) is 0 Å². The first-order chi connectivity index (χ1) is 14.0. The van der Waals surface area contributed by atoms with Crippen molar-refractivity contribution in [2.45, 2.75) is 26.3 Å². The minimum Gasteiger partial charge on any atom is -0.398 e. The number of carbonyl (C=O) groups is 1. The second-order valence-corrected chi connectivity index (χ2v) is 7.31. The Bertz CT molecular complexity index is 1030. The number of hydrogen-bond donors (Lipinski definition) is 3. The number of nitrogen functional groups attached to an aromatic ring is 1. The van der Waals surface area contributed by atoms with Crippen LogP contribution in [0.4, 0.5) is 5.69 Å². The Morgan fingerprint density at radius 2 is 1.72 bits per heavy atom. The molecule has 4 nitrogen and oxygen atoms in total. The molecule has 0 unspecified atom stereocenters. The van der Waals surface area contributed by atoms with Crippen LogP contribution < -0.4 is 11.1 Å². The number of halogens is 1. The highest BCUT2D eigenvalue weighted by molar-refractivity contribution is 6.31. The fourth-order valence-electron chi connectivity index (χ4n) is 3.12. The summed E-state index contributed by atoms with van der Waals surface area (Å²) in [5.41, 5.74) is 10.7. The average molecular weight is 406 g/mol. The number of nitrogens with one attached hydrogen (secondary N) is 2. The zero-order chi connectivity index (χ0) is 20.8. The highest BCUT2D eigenvalue weighted by Gasteiger charge is 2.13. The SMILES string of the molecule is CCCc1ccc(C(=N)c2cc(C(=O)NCc3ccccc3Cl)ccc2N)cc1. The van der Waals surface area contributed by atoms with Crippen LogP contribution in [-0.4, -0.2) is 11.6 Å². The number of amides is 1. The van der Waals surface area contributed by atoms with Crippen molar-refractivity contribution in [1.29, 1.82) is 5.41 Å². The van der Waals surface area contributed by atoms with Crippen molar-refractivity contribution in [1.82, 2.24) is 5.32 Å². The number of carbonyl (C=O) groups excluding carboxylic acids is 1. The van der Waals surface area contributed by atoms with Gasteiger partial charge in [0.05, 0.1) is 5.71 Å². The van der Waals surface area contributed by atoms with Crippen LogP contribution in [0.3, 0.4) is 0 Å². The van der Waals surface area contributed by atoms with Gasteiger partial charge >= 0.3 is 0 Å². The van der Waals surface area contributed by atoms with E-state index < -0.39 is 0 Å². The highest BCUT2D eigenvalue weighted by Crippen LogP contribution is 2.20. The second kappa shape index (κ2) is 9.39. The molecule has 4 N–H and O–H groups in total. The summed E-state index contributed by atoms with van der Waals surface area (Å²) in [6, 6.07) is 20.3. The molecule has 29 heavy (non-hydrogen) atoms. The van der Waals surface area contributed by atoms with Crippen molar-refractivity contribution in [2.24, 2.45) is 0 Å². The van der Waals surface area contributed by atoms with Crippen molar-refractivity contribution in [3.8, 4) is 0 Å². The van der Waals surface area contributed by atoms with Crippen molar-refractivity contribution in [3.63, 3.8) is 0 Å². The lowest BCUT2D eigenvalue weighted by atomic mass is 9.97. The number of aryl methyl sites for hydroxylation is 1. The molecule has 5 heteroatoms. The minimum atomic E-state index is -0.239. The average Bonchev–Trinajstić information content (AvgIpc) is 2.73. The lowest BCUT2D eigenvalue weighted by Gasteiger charge is -2.12. The lowest BCUT2D eigenvalue weighted by molar-refractivity contribution is 0.0951. The van der Waals surface area contributed by atoms with Gasteiger partial charge in [-0.3, -0.25) is 10.2 Å². The van der Waals surface area contributed by atoms with Gasteiger partial charge in [-0.1, -0.05) is 67.4 Å². The Kier molecular flexibility index (Phi) is 6.68. The van der Waals surface area contributed by atoms with Gasteiger partial charge < -0.3 is 11.1 Å². The Morgan fingerprint density at radius 1 is 1.03 bits per heavy atom. The molecule has 0 fully saturated rings. The first-order valence-corrected chi connectivity index (χ1v) is 9.96. The summed E-state index contributed by atoms with van der Waals surface area (Å²) in [4.78, 5) is 12.6. The first kappa shape index (κ1) is 20.6. The topological polar surface area (TPSA) is 79.0 Å².